The number of ether oxygens (including phenoxy) is 1. The normalized spacial score (nSPS) is 18.1. The summed E-state index contributed by atoms with van der Waals surface area (Å²) in [5, 5.41) is 18.9. The van der Waals surface area contributed by atoms with Gasteiger partial charge in [0.2, 0.25) is 0 Å². The van der Waals surface area contributed by atoms with Gasteiger partial charge in [-0.3, -0.25) is 4.79 Å². The number of halogens is 4. The second-order valence-corrected chi connectivity index (χ2v) is 8.07. The average Bonchev–Trinajstić information content (AvgIpc) is 3.47. The van der Waals surface area contributed by atoms with Crippen LogP contribution in [0.1, 0.15) is 25.7 Å². The molecule has 1 aliphatic carbocycles. The molecule has 0 saturated heterocycles. The van der Waals surface area contributed by atoms with Gasteiger partial charge in [-0.05, 0) is 37.8 Å². The van der Waals surface area contributed by atoms with E-state index in [1.54, 1.807) is 0 Å². The summed E-state index contributed by atoms with van der Waals surface area (Å²) in [7, 11) is 0. The number of nitrogens with one attached hydrogen (secondary N) is 2. The van der Waals surface area contributed by atoms with Gasteiger partial charge in [-0.1, -0.05) is 5.10 Å². The number of hydrogen-bond donors (Lipinski definition) is 3. The van der Waals surface area contributed by atoms with Crippen LogP contribution in [0.3, 0.4) is 0 Å². The molecule has 1 aliphatic rings. The predicted octanol–water partition coefficient (Wildman–Crippen LogP) is 4.94. The Labute approximate surface area is 194 Å². The van der Waals surface area contributed by atoms with Crippen LogP contribution in [-0.2, 0) is 4.79 Å². The number of hydrogen-bond acceptors (Lipinski definition) is 7. The Morgan fingerprint density at radius 3 is 2.54 bits per heavy atom. The molecule has 1 fully saturated rings. The summed E-state index contributed by atoms with van der Waals surface area (Å²) in [5.41, 5.74) is -0.149. The van der Waals surface area contributed by atoms with Crippen LogP contribution in [0.5, 0.6) is 5.75 Å². The van der Waals surface area contributed by atoms with Gasteiger partial charge in [0.05, 0.1) is 23.2 Å². The molecule has 0 bridgehead atoms. The number of carboxylic acids is 1. The highest BCUT2D eigenvalue weighted by molar-refractivity contribution is 5.80. The Morgan fingerprint density at radius 2 is 1.80 bits per heavy atom. The number of anilines is 2. The smallest absolute Gasteiger partial charge is 0.320 e. The molecule has 182 valence electrons. The maximum Gasteiger partial charge on any atom is 0.320 e. The number of carboxylic acid groups (broad SMARTS) is 1. The van der Waals surface area contributed by atoms with Crippen molar-refractivity contribution < 1.29 is 36.6 Å². The lowest BCUT2D eigenvalue weighted by Gasteiger charge is -2.26. The Hall–Kier alpha value is -4.16. The number of fused-ring (bicyclic) bond motifs is 1. The van der Waals surface area contributed by atoms with Gasteiger partial charge in [0.1, 0.15) is 11.3 Å². The first-order valence-electron chi connectivity index (χ1n) is 10.6. The van der Waals surface area contributed by atoms with E-state index < -0.39 is 40.8 Å². The molecule has 2 aromatic heterocycles. The van der Waals surface area contributed by atoms with Gasteiger partial charge in [0.25, 0.3) is 5.89 Å². The minimum Gasteiger partial charge on any atom is -0.487 e. The molecule has 0 aliphatic heterocycles. The summed E-state index contributed by atoms with van der Waals surface area (Å²) < 4.78 is 66.5. The Morgan fingerprint density at radius 1 is 1.06 bits per heavy atom. The fourth-order valence-electron chi connectivity index (χ4n) is 3.93. The lowest BCUT2D eigenvalue weighted by Crippen LogP contribution is -2.28. The number of imidazole rings is 1. The van der Waals surface area contributed by atoms with Crippen LogP contribution in [0.2, 0.25) is 0 Å². The van der Waals surface area contributed by atoms with Gasteiger partial charge in [0, 0.05) is 12.1 Å². The first-order valence-corrected chi connectivity index (χ1v) is 10.6. The topological polar surface area (TPSA) is 126 Å². The van der Waals surface area contributed by atoms with E-state index >= 15 is 4.39 Å². The minimum absolute atomic E-state index is 0.00632. The Balaban J connectivity index is 1.33. The molecule has 0 atom stereocenters. The third-order valence-corrected chi connectivity index (χ3v) is 5.76. The van der Waals surface area contributed by atoms with Gasteiger partial charge in [0.15, 0.2) is 29.0 Å². The summed E-state index contributed by atoms with van der Waals surface area (Å²) in [6, 6.07) is 3.60. The third-order valence-electron chi connectivity index (χ3n) is 5.76. The zero-order valence-corrected chi connectivity index (χ0v) is 17.8. The first-order chi connectivity index (χ1) is 16.8. The summed E-state index contributed by atoms with van der Waals surface area (Å²) in [6.07, 6.45) is 1.61. The van der Waals surface area contributed by atoms with Crippen LogP contribution in [0.25, 0.3) is 22.7 Å². The lowest BCUT2D eigenvalue weighted by molar-refractivity contribution is -0.143. The van der Waals surface area contributed by atoms with Crippen molar-refractivity contribution in [2.24, 2.45) is 5.92 Å². The van der Waals surface area contributed by atoms with Crippen molar-refractivity contribution in [2.75, 3.05) is 5.32 Å². The zero-order chi connectivity index (χ0) is 24.7. The molecule has 0 radical (unpaired) electrons. The molecular formula is C22H17F4N5O4. The van der Waals surface area contributed by atoms with Gasteiger partial charge in [-0.2, -0.15) is 0 Å². The fourth-order valence-corrected chi connectivity index (χ4v) is 3.93. The minimum atomic E-state index is -1.35. The largest absolute Gasteiger partial charge is 0.487 e. The second kappa shape index (κ2) is 8.89. The van der Waals surface area contributed by atoms with E-state index in [1.807, 2.05) is 0 Å². The molecule has 13 heteroatoms. The van der Waals surface area contributed by atoms with Crippen molar-refractivity contribution in [1.29, 1.82) is 0 Å². The summed E-state index contributed by atoms with van der Waals surface area (Å²) in [5.74, 6) is -5.78. The molecule has 35 heavy (non-hydrogen) atoms. The highest BCUT2D eigenvalue weighted by Crippen LogP contribution is 2.32. The lowest BCUT2D eigenvalue weighted by atomic mass is 9.87. The van der Waals surface area contributed by atoms with Gasteiger partial charge in [-0.15, -0.1) is 5.10 Å². The van der Waals surface area contributed by atoms with Gasteiger partial charge in [-0.25, -0.2) is 22.5 Å². The summed E-state index contributed by atoms with van der Waals surface area (Å²) >= 11 is 0. The average molecular weight is 491 g/mol. The van der Waals surface area contributed by atoms with Crippen LogP contribution in [-0.4, -0.2) is 37.3 Å². The molecule has 1 saturated carbocycles. The van der Waals surface area contributed by atoms with Crippen molar-refractivity contribution in [2.45, 2.75) is 31.8 Å². The van der Waals surface area contributed by atoms with Crippen LogP contribution in [0.15, 0.2) is 28.7 Å². The predicted molar refractivity (Wildman–Crippen MR) is 113 cm³/mol. The monoisotopic (exact) mass is 491 g/mol. The van der Waals surface area contributed by atoms with E-state index in [0.717, 1.165) is 0 Å². The van der Waals surface area contributed by atoms with E-state index in [1.165, 1.54) is 12.1 Å². The molecule has 0 amide bonds. The standard InChI is InChI=1S/C22H17F4N5O4/c23-11-7-13(25)15(8-12(11)24)28-22-31-30-20(35-22)19-27-14-5-6-16(17(26)18(14)29-19)34-10-3-1-9(2-4-10)21(32)33/h5-10H,1-4H2,(H,27,29)(H,28,31)(H,32,33)/t9-,10+. The molecule has 2 heterocycles. The molecule has 3 N–H and O–H groups in total. The number of H-pyrrole nitrogens is 1. The first kappa shape index (κ1) is 22.6. The number of aromatic amines is 1. The quantitative estimate of drug-likeness (QED) is 0.256. The number of aliphatic carboxylic acids is 1. The SMILES string of the molecule is O=C(O)[C@H]1CC[C@@H](Oc2ccc3nc(-c4nnc(Nc5cc(F)c(F)cc5F)o4)[nH]c3c2F)CC1. The number of carbonyl (C=O) groups is 1. The van der Waals surface area contributed by atoms with Crippen molar-refractivity contribution in [3.63, 3.8) is 0 Å². The molecule has 9 nitrogen and oxygen atoms in total. The van der Waals surface area contributed by atoms with Gasteiger partial charge >= 0.3 is 12.0 Å². The van der Waals surface area contributed by atoms with Crippen molar-refractivity contribution in [3.8, 4) is 17.5 Å². The molecule has 4 aromatic rings. The van der Waals surface area contributed by atoms with Gasteiger partial charge < -0.3 is 24.6 Å². The Kier molecular flexibility index (Phi) is 5.75. The highest BCUT2D eigenvalue weighted by atomic mass is 19.2. The molecule has 2 aromatic carbocycles. The Bertz CT molecular complexity index is 1410. The van der Waals surface area contributed by atoms with E-state index in [0.29, 0.717) is 37.8 Å². The second-order valence-electron chi connectivity index (χ2n) is 8.07. The van der Waals surface area contributed by atoms with E-state index in [4.69, 9.17) is 14.3 Å². The van der Waals surface area contributed by atoms with Crippen molar-refractivity contribution >= 4 is 28.7 Å². The van der Waals surface area contributed by atoms with Crippen molar-refractivity contribution in [1.82, 2.24) is 20.2 Å². The van der Waals surface area contributed by atoms with E-state index in [-0.39, 0.29) is 40.6 Å². The fraction of sp³-hybridized carbons (Fsp3) is 0.273. The van der Waals surface area contributed by atoms with Crippen LogP contribution >= 0.6 is 0 Å². The maximum atomic E-state index is 15.1. The van der Waals surface area contributed by atoms with E-state index in [2.05, 4.69) is 25.5 Å². The van der Waals surface area contributed by atoms with Crippen LogP contribution in [0.4, 0.5) is 29.3 Å². The van der Waals surface area contributed by atoms with Crippen LogP contribution in [0, 0.1) is 29.2 Å². The number of benzene rings is 2. The number of aromatic nitrogens is 4. The summed E-state index contributed by atoms with van der Waals surface area (Å²) in [4.78, 5) is 18.0. The molecule has 5 rings (SSSR count). The highest BCUT2D eigenvalue weighted by Gasteiger charge is 2.28. The van der Waals surface area contributed by atoms with Crippen molar-refractivity contribution in [3.05, 3.63) is 47.5 Å². The van der Waals surface area contributed by atoms with Crippen LogP contribution < -0.4 is 10.1 Å². The molecule has 0 spiro atoms. The maximum absolute atomic E-state index is 15.1. The molecular weight excluding hydrogens is 474 g/mol. The third kappa shape index (κ3) is 4.48. The zero-order valence-electron chi connectivity index (χ0n) is 17.8. The summed E-state index contributed by atoms with van der Waals surface area (Å²) in [6.45, 7) is 0. The molecule has 0 unspecified atom stereocenters. The number of nitrogens with zero attached hydrogens (tertiary/aromatic N) is 3. The number of rotatable bonds is 6. The van der Waals surface area contributed by atoms with E-state index in [9.17, 15) is 18.0 Å².